The number of aromatic nitrogens is 4. The van der Waals surface area contributed by atoms with Gasteiger partial charge in [-0.1, -0.05) is 200 Å². The van der Waals surface area contributed by atoms with Crippen molar-refractivity contribution in [1.29, 1.82) is 0 Å². The van der Waals surface area contributed by atoms with E-state index in [4.69, 9.17) is 15.0 Å². The normalized spacial score (nSPS) is 12.8. The quantitative estimate of drug-likeness (QED) is 0.167. The fourth-order valence-corrected chi connectivity index (χ4v) is 11.4. The molecule has 316 valence electrons. The van der Waals surface area contributed by atoms with Gasteiger partial charge in [-0.15, -0.1) is 0 Å². The fourth-order valence-electron chi connectivity index (χ4n) is 11.4. The summed E-state index contributed by atoms with van der Waals surface area (Å²) in [6.07, 6.45) is 0. The lowest BCUT2D eigenvalue weighted by Crippen LogP contribution is -2.25. The summed E-state index contributed by atoms with van der Waals surface area (Å²) in [5, 5.41) is 2.36. The van der Waals surface area contributed by atoms with E-state index in [2.05, 4.69) is 223 Å². The molecule has 12 aromatic rings. The Morgan fingerprint density at radius 1 is 0.265 bits per heavy atom. The SMILES string of the molecule is c1ccc(-c2cccc(-c3nc(-c4ccccc4)nc(-c4ccccc4-n4c5ccccc5c5cc(-c6ccc7c(c6)C6(c8ccccc8-c8ccccc86)c6ccccc6-7)ccc54)n3)c2)cc1. The van der Waals surface area contributed by atoms with Crippen LogP contribution >= 0.6 is 0 Å². The molecule has 2 heterocycles. The van der Waals surface area contributed by atoms with Crippen LogP contribution in [0.25, 0.3) is 106 Å². The maximum atomic E-state index is 5.28. The highest BCUT2D eigenvalue weighted by molar-refractivity contribution is 6.11. The summed E-state index contributed by atoms with van der Waals surface area (Å²) >= 11 is 0. The van der Waals surface area contributed by atoms with Gasteiger partial charge in [-0.2, -0.15) is 0 Å². The molecule has 68 heavy (non-hydrogen) atoms. The summed E-state index contributed by atoms with van der Waals surface area (Å²) in [5.74, 6) is 1.86. The highest BCUT2D eigenvalue weighted by Gasteiger charge is 2.51. The van der Waals surface area contributed by atoms with Crippen LogP contribution in [0.4, 0.5) is 0 Å². The third-order valence-electron chi connectivity index (χ3n) is 14.3. The zero-order chi connectivity index (χ0) is 44.8. The second-order valence-electron chi connectivity index (χ2n) is 17.9. The van der Waals surface area contributed by atoms with Gasteiger partial charge in [0.1, 0.15) is 0 Å². The second kappa shape index (κ2) is 15.0. The number of benzene rings is 10. The Labute approximate surface area is 394 Å². The van der Waals surface area contributed by atoms with Crippen molar-refractivity contribution in [2.75, 3.05) is 0 Å². The van der Waals surface area contributed by atoms with Gasteiger partial charge in [-0.25, -0.2) is 15.0 Å². The maximum absolute atomic E-state index is 5.28. The maximum Gasteiger partial charge on any atom is 0.166 e. The molecule has 2 aliphatic carbocycles. The van der Waals surface area contributed by atoms with Crippen LogP contribution in [0.2, 0.25) is 0 Å². The lowest BCUT2D eigenvalue weighted by molar-refractivity contribution is 0.794. The predicted octanol–water partition coefficient (Wildman–Crippen LogP) is 15.6. The van der Waals surface area contributed by atoms with Crippen molar-refractivity contribution < 1.29 is 0 Å². The van der Waals surface area contributed by atoms with Crippen molar-refractivity contribution in [2.45, 2.75) is 5.41 Å². The molecule has 4 nitrogen and oxygen atoms in total. The van der Waals surface area contributed by atoms with E-state index in [0.717, 1.165) is 44.5 Å². The van der Waals surface area contributed by atoms with Gasteiger partial charge in [0, 0.05) is 27.5 Å². The summed E-state index contributed by atoms with van der Waals surface area (Å²) in [6, 6.07) is 87.5. The first-order chi connectivity index (χ1) is 33.7. The Bertz CT molecular complexity index is 3920. The van der Waals surface area contributed by atoms with Crippen LogP contribution in [-0.4, -0.2) is 19.5 Å². The minimum Gasteiger partial charge on any atom is -0.309 e. The summed E-state index contributed by atoms with van der Waals surface area (Å²) in [7, 11) is 0. The highest BCUT2D eigenvalue weighted by Crippen LogP contribution is 2.63. The monoisotopic (exact) mass is 864 g/mol. The van der Waals surface area contributed by atoms with Crippen LogP contribution in [0.5, 0.6) is 0 Å². The molecule has 2 aromatic heterocycles. The highest BCUT2D eigenvalue weighted by atomic mass is 15.1. The lowest BCUT2D eigenvalue weighted by atomic mass is 9.70. The van der Waals surface area contributed by atoms with Crippen LogP contribution in [0.1, 0.15) is 22.3 Å². The largest absolute Gasteiger partial charge is 0.309 e. The molecule has 0 unspecified atom stereocenters. The summed E-state index contributed by atoms with van der Waals surface area (Å²) in [4.78, 5) is 15.6. The third kappa shape index (κ3) is 5.64. The fraction of sp³-hybridized carbons (Fsp3) is 0.0156. The molecule has 0 radical (unpaired) electrons. The first-order valence-corrected chi connectivity index (χ1v) is 23.3. The Morgan fingerprint density at radius 3 is 1.44 bits per heavy atom. The summed E-state index contributed by atoms with van der Waals surface area (Å²) < 4.78 is 2.38. The molecule has 2 aliphatic rings. The van der Waals surface area contributed by atoms with Gasteiger partial charge >= 0.3 is 0 Å². The zero-order valence-electron chi connectivity index (χ0n) is 36.9. The average molecular weight is 865 g/mol. The number of nitrogens with zero attached hydrogens (tertiary/aromatic N) is 4. The summed E-state index contributed by atoms with van der Waals surface area (Å²) in [5.41, 5.74) is 20.8. The smallest absolute Gasteiger partial charge is 0.166 e. The van der Waals surface area contributed by atoms with Gasteiger partial charge < -0.3 is 4.57 Å². The topological polar surface area (TPSA) is 43.6 Å². The van der Waals surface area contributed by atoms with Crippen LogP contribution in [0.3, 0.4) is 0 Å². The Balaban J connectivity index is 0.936. The Hall–Kier alpha value is -8.99. The molecule has 1 spiro atoms. The molecule has 0 saturated heterocycles. The van der Waals surface area contributed by atoms with Crippen molar-refractivity contribution in [3.8, 4) is 84.4 Å². The van der Waals surface area contributed by atoms with Crippen LogP contribution in [0, 0.1) is 0 Å². The van der Waals surface area contributed by atoms with Crippen molar-refractivity contribution in [3.05, 3.63) is 265 Å². The molecule has 0 fully saturated rings. The van der Waals surface area contributed by atoms with Gasteiger partial charge in [0.15, 0.2) is 17.5 Å². The average Bonchev–Trinajstić information content (AvgIpc) is 4.03. The first-order valence-electron chi connectivity index (χ1n) is 23.3. The van der Waals surface area contributed by atoms with Crippen molar-refractivity contribution in [3.63, 3.8) is 0 Å². The number of hydrogen-bond donors (Lipinski definition) is 0. The molecule has 14 rings (SSSR count). The van der Waals surface area contributed by atoms with E-state index in [1.807, 2.05) is 24.3 Å². The Morgan fingerprint density at radius 2 is 0.735 bits per heavy atom. The standard InChI is InChI=1S/C64H40N4/c1-3-18-41(19-4-1)43-22-17-23-46(38-43)62-65-61(42-20-5-2-6-21-42)66-63(67-62)52-28-11-16-33-59(52)68-58-32-15-10-27-51(58)53-39-44(35-37-60(53)68)45-34-36-50-49-26-9-14-31-56(49)64(57(50)40-45)54-29-12-7-24-47(54)48-25-8-13-30-55(48)64/h1-40H. The molecule has 0 saturated carbocycles. The van der Waals surface area contributed by atoms with Crippen molar-refractivity contribution >= 4 is 21.8 Å². The third-order valence-corrected chi connectivity index (χ3v) is 14.3. The number of para-hydroxylation sites is 2. The molecular formula is C64H40N4. The van der Waals surface area contributed by atoms with E-state index in [0.29, 0.717) is 17.5 Å². The van der Waals surface area contributed by atoms with E-state index >= 15 is 0 Å². The van der Waals surface area contributed by atoms with Crippen LogP contribution < -0.4 is 0 Å². The van der Waals surface area contributed by atoms with Crippen molar-refractivity contribution in [2.24, 2.45) is 0 Å². The van der Waals surface area contributed by atoms with E-state index in [1.165, 1.54) is 66.4 Å². The predicted molar refractivity (Wildman–Crippen MR) is 278 cm³/mol. The number of hydrogen-bond acceptors (Lipinski definition) is 3. The van der Waals surface area contributed by atoms with Crippen LogP contribution in [-0.2, 0) is 5.41 Å². The van der Waals surface area contributed by atoms with E-state index in [1.54, 1.807) is 0 Å². The van der Waals surface area contributed by atoms with E-state index in [-0.39, 0.29) is 0 Å². The van der Waals surface area contributed by atoms with Gasteiger partial charge in [-0.3, -0.25) is 0 Å². The first kappa shape index (κ1) is 38.3. The minimum atomic E-state index is -0.404. The molecule has 0 amide bonds. The Kier molecular flexibility index (Phi) is 8.46. The minimum absolute atomic E-state index is 0.404. The van der Waals surface area contributed by atoms with Gasteiger partial charge in [0.25, 0.3) is 0 Å². The molecular weight excluding hydrogens is 825 g/mol. The van der Waals surface area contributed by atoms with Crippen molar-refractivity contribution in [1.82, 2.24) is 19.5 Å². The van der Waals surface area contributed by atoms with E-state index in [9.17, 15) is 0 Å². The zero-order valence-corrected chi connectivity index (χ0v) is 36.9. The van der Waals surface area contributed by atoms with Gasteiger partial charge in [0.2, 0.25) is 0 Å². The number of rotatable bonds is 6. The molecule has 4 heteroatoms. The summed E-state index contributed by atoms with van der Waals surface area (Å²) in [6.45, 7) is 0. The second-order valence-corrected chi connectivity index (χ2v) is 17.9. The molecule has 10 aromatic carbocycles. The van der Waals surface area contributed by atoms with E-state index < -0.39 is 5.41 Å². The van der Waals surface area contributed by atoms with Gasteiger partial charge in [0.05, 0.1) is 22.1 Å². The molecule has 0 atom stereocenters. The lowest BCUT2D eigenvalue weighted by Gasteiger charge is -2.30. The number of fused-ring (bicyclic) bond motifs is 13. The van der Waals surface area contributed by atoms with Gasteiger partial charge in [-0.05, 0) is 109 Å². The van der Waals surface area contributed by atoms with Crippen LogP contribution in [0.15, 0.2) is 243 Å². The molecule has 0 N–H and O–H groups in total. The molecule has 0 aliphatic heterocycles. The molecule has 0 bridgehead atoms.